The van der Waals surface area contributed by atoms with Crippen LogP contribution in [0.3, 0.4) is 0 Å². The van der Waals surface area contributed by atoms with Crippen molar-refractivity contribution in [1.29, 1.82) is 5.26 Å². The Labute approximate surface area is 212 Å². The minimum atomic E-state index is -0.550. The monoisotopic (exact) mass is 504 g/mol. The Morgan fingerprint density at radius 1 is 1.20 bits per heavy atom. The van der Waals surface area contributed by atoms with Gasteiger partial charge in [-0.2, -0.15) is 5.26 Å². The molecule has 2 amide bonds. The molecule has 0 radical (unpaired) electrons. The normalized spacial score (nSPS) is 11.9. The molecule has 192 valence electrons. The van der Waals surface area contributed by atoms with E-state index >= 15 is 0 Å². The molecule has 1 aromatic carbocycles. The van der Waals surface area contributed by atoms with E-state index in [1.807, 2.05) is 12.4 Å². The summed E-state index contributed by atoms with van der Waals surface area (Å²) in [6.45, 7) is 6.07. The lowest BCUT2D eigenvalue weighted by atomic mass is 10.1. The molecule has 1 unspecified atom stereocenters. The molecule has 10 heteroatoms. The van der Waals surface area contributed by atoms with Gasteiger partial charge in [-0.05, 0) is 43.4 Å². The zero-order valence-corrected chi connectivity index (χ0v) is 21.5. The standard InChI is InChI=1S/C25H36N4O5S/c1-4-7-20(2)8-6-11-28-23(30)17-32-14-15-33-24(35-19-26)18-34-22-10-5-9-21(16-22)25(31)29-13-12-27-3/h5,9-10,16,20,24,27H,4,7,11-15,17-18H2,1-3H3,(H,28,30)(H,29,31)/t20?,24-/m1/s1. The molecule has 35 heavy (non-hydrogen) atoms. The van der Waals surface area contributed by atoms with Crippen LogP contribution in [-0.2, 0) is 14.3 Å². The maximum absolute atomic E-state index is 12.2. The largest absolute Gasteiger partial charge is 0.490 e. The van der Waals surface area contributed by atoms with E-state index in [-0.39, 0.29) is 38.2 Å². The van der Waals surface area contributed by atoms with Gasteiger partial charge < -0.3 is 30.2 Å². The van der Waals surface area contributed by atoms with Gasteiger partial charge in [-0.25, -0.2) is 0 Å². The summed E-state index contributed by atoms with van der Waals surface area (Å²) in [5.74, 6) is 6.43. The third-order valence-electron chi connectivity index (χ3n) is 4.54. The zero-order chi connectivity index (χ0) is 25.7. The van der Waals surface area contributed by atoms with E-state index in [4.69, 9.17) is 19.5 Å². The summed E-state index contributed by atoms with van der Waals surface area (Å²) in [5.41, 5.74) is -0.0666. The Balaban J connectivity index is 2.31. The molecule has 0 aromatic heterocycles. The first-order valence-electron chi connectivity index (χ1n) is 11.6. The van der Waals surface area contributed by atoms with E-state index in [9.17, 15) is 9.59 Å². The highest BCUT2D eigenvalue weighted by atomic mass is 32.2. The number of ether oxygens (including phenoxy) is 3. The molecule has 0 bridgehead atoms. The first-order valence-corrected chi connectivity index (χ1v) is 12.5. The number of benzene rings is 1. The molecule has 2 atom stereocenters. The second-order valence-corrected chi connectivity index (χ2v) is 8.49. The molecule has 0 heterocycles. The summed E-state index contributed by atoms with van der Waals surface area (Å²) < 4.78 is 16.7. The van der Waals surface area contributed by atoms with Gasteiger partial charge in [0.05, 0.1) is 19.8 Å². The predicted octanol–water partition coefficient (Wildman–Crippen LogP) is 2.14. The van der Waals surface area contributed by atoms with Crippen molar-refractivity contribution in [3.8, 4) is 23.0 Å². The molecule has 9 nitrogen and oxygen atoms in total. The van der Waals surface area contributed by atoms with Crippen molar-refractivity contribution in [3.63, 3.8) is 0 Å². The lowest BCUT2D eigenvalue weighted by molar-refractivity contribution is -0.126. The van der Waals surface area contributed by atoms with Crippen molar-refractivity contribution >= 4 is 23.6 Å². The SMILES string of the molecule is CCCC(C)C#CCNC(=O)COCCO[C@@H](COc1cccc(C(=O)NCCNC)c1)SC#N. The number of hydrogen-bond acceptors (Lipinski definition) is 8. The fraction of sp³-hybridized carbons (Fsp3) is 0.560. The van der Waals surface area contributed by atoms with E-state index in [2.05, 4.69) is 41.6 Å². The molecule has 0 aliphatic carbocycles. The van der Waals surface area contributed by atoms with E-state index in [1.165, 1.54) is 0 Å². The van der Waals surface area contributed by atoms with Crippen molar-refractivity contribution in [1.82, 2.24) is 16.0 Å². The van der Waals surface area contributed by atoms with Gasteiger partial charge in [-0.3, -0.25) is 9.59 Å². The number of hydrogen-bond donors (Lipinski definition) is 3. The van der Waals surface area contributed by atoms with Crippen molar-refractivity contribution in [2.75, 3.05) is 53.1 Å². The average molecular weight is 505 g/mol. The smallest absolute Gasteiger partial charge is 0.251 e. The van der Waals surface area contributed by atoms with Gasteiger partial charge in [-0.15, -0.1) is 0 Å². The maximum Gasteiger partial charge on any atom is 0.251 e. The summed E-state index contributed by atoms with van der Waals surface area (Å²) in [7, 11) is 1.81. The molecule has 1 aromatic rings. The molecule has 1 rings (SSSR count). The van der Waals surface area contributed by atoms with Crippen LogP contribution in [0.25, 0.3) is 0 Å². The fourth-order valence-corrected chi connectivity index (χ4v) is 3.21. The third kappa shape index (κ3) is 15.0. The Hall–Kier alpha value is -2.76. The quantitative estimate of drug-likeness (QED) is 0.128. The molecular formula is C25H36N4O5S. The Kier molecular flexibility index (Phi) is 16.9. The topological polar surface area (TPSA) is 122 Å². The van der Waals surface area contributed by atoms with Crippen LogP contribution in [0.2, 0.25) is 0 Å². The Morgan fingerprint density at radius 2 is 2.03 bits per heavy atom. The number of rotatable bonds is 17. The number of thiocyanates is 1. The summed E-state index contributed by atoms with van der Waals surface area (Å²) in [5, 5.41) is 19.5. The predicted molar refractivity (Wildman–Crippen MR) is 137 cm³/mol. The van der Waals surface area contributed by atoms with Crippen LogP contribution >= 0.6 is 11.8 Å². The summed E-state index contributed by atoms with van der Waals surface area (Å²) in [6, 6.07) is 6.80. The number of thioether (sulfide) groups is 1. The lowest BCUT2D eigenvalue weighted by Crippen LogP contribution is -2.30. The van der Waals surface area contributed by atoms with E-state index in [1.54, 1.807) is 24.3 Å². The van der Waals surface area contributed by atoms with Crippen molar-refractivity contribution in [3.05, 3.63) is 29.8 Å². The number of nitrogens with zero attached hydrogens (tertiary/aromatic N) is 1. The highest BCUT2D eigenvalue weighted by Gasteiger charge is 2.13. The van der Waals surface area contributed by atoms with Crippen LogP contribution in [-0.4, -0.2) is 70.4 Å². The second-order valence-electron chi connectivity index (χ2n) is 7.55. The minimum Gasteiger partial charge on any atom is -0.490 e. The van der Waals surface area contributed by atoms with Crippen molar-refractivity contribution in [2.45, 2.75) is 32.1 Å². The number of likely N-dealkylation sites (N-methyl/N-ethyl adjacent to an activating group) is 1. The van der Waals surface area contributed by atoms with Crippen LogP contribution < -0.4 is 20.7 Å². The zero-order valence-electron chi connectivity index (χ0n) is 20.7. The fourth-order valence-electron chi connectivity index (χ4n) is 2.80. The highest BCUT2D eigenvalue weighted by Crippen LogP contribution is 2.17. The van der Waals surface area contributed by atoms with Crippen molar-refractivity contribution < 1.29 is 23.8 Å². The first kappa shape index (κ1) is 30.3. The number of nitriles is 1. The van der Waals surface area contributed by atoms with Gasteiger partial charge in [0, 0.05) is 24.6 Å². The van der Waals surface area contributed by atoms with Crippen LogP contribution in [0.15, 0.2) is 24.3 Å². The Morgan fingerprint density at radius 3 is 2.77 bits per heavy atom. The van der Waals surface area contributed by atoms with Gasteiger partial charge >= 0.3 is 0 Å². The summed E-state index contributed by atoms with van der Waals surface area (Å²) >= 11 is 0.925. The summed E-state index contributed by atoms with van der Waals surface area (Å²) in [4.78, 5) is 24.0. The van der Waals surface area contributed by atoms with Gasteiger partial charge in [0.25, 0.3) is 5.91 Å². The molecule has 0 saturated carbocycles. The first-order chi connectivity index (χ1) is 17.0. The van der Waals surface area contributed by atoms with E-state index in [0.29, 0.717) is 36.9 Å². The van der Waals surface area contributed by atoms with Crippen LogP contribution in [0, 0.1) is 28.4 Å². The number of amides is 2. The molecular weight excluding hydrogens is 468 g/mol. The minimum absolute atomic E-state index is 0.0920. The van der Waals surface area contributed by atoms with Crippen molar-refractivity contribution in [2.24, 2.45) is 5.92 Å². The maximum atomic E-state index is 12.2. The number of carbonyl (C=O) groups excluding carboxylic acids is 2. The second kappa shape index (κ2) is 19.5. The molecule has 0 fully saturated rings. The number of nitrogens with one attached hydrogen (secondary N) is 3. The van der Waals surface area contributed by atoms with Crippen LogP contribution in [0.5, 0.6) is 5.75 Å². The van der Waals surface area contributed by atoms with Crippen LogP contribution in [0.4, 0.5) is 0 Å². The molecule has 0 aliphatic rings. The van der Waals surface area contributed by atoms with Gasteiger partial charge in [0.15, 0.2) is 5.44 Å². The highest BCUT2D eigenvalue weighted by molar-refractivity contribution is 8.04. The van der Waals surface area contributed by atoms with Gasteiger partial charge in [-0.1, -0.05) is 38.2 Å². The van der Waals surface area contributed by atoms with Gasteiger partial charge in [0.2, 0.25) is 5.91 Å². The molecule has 0 saturated heterocycles. The third-order valence-corrected chi connectivity index (χ3v) is 5.18. The summed E-state index contributed by atoms with van der Waals surface area (Å²) in [6.07, 6.45) is 2.13. The average Bonchev–Trinajstić information content (AvgIpc) is 2.85. The van der Waals surface area contributed by atoms with Gasteiger partial charge in [0.1, 0.15) is 24.4 Å². The number of carbonyl (C=O) groups is 2. The lowest BCUT2D eigenvalue weighted by Gasteiger charge is -2.16. The molecule has 0 spiro atoms. The molecule has 0 aliphatic heterocycles. The van der Waals surface area contributed by atoms with E-state index in [0.717, 1.165) is 24.6 Å². The van der Waals surface area contributed by atoms with E-state index < -0.39 is 5.44 Å². The van der Waals surface area contributed by atoms with Crippen LogP contribution in [0.1, 0.15) is 37.0 Å². The Bertz CT molecular complexity index is 865. The molecule has 3 N–H and O–H groups in total.